The van der Waals surface area contributed by atoms with Gasteiger partial charge < -0.3 is 16.4 Å². The molecular weight excluding hydrogens is 258 g/mol. The third-order valence-corrected chi connectivity index (χ3v) is 3.42. The minimum Gasteiger partial charge on any atom is -0.372 e. The van der Waals surface area contributed by atoms with Crippen LogP contribution >= 0.6 is 12.4 Å². The topological polar surface area (TPSA) is 55.3 Å². The summed E-state index contributed by atoms with van der Waals surface area (Å²) in [6.45, 7) is 7.19. The van der Waals surface area contributed by atoms with Gasteiger partial charge in [-0.2, -0.15) is 0 Å². The number of unbranched alkanes of at least 4 members (excludes halogenated alkanes) is 1. The van der Waals surface area contributed by atoms with Crippen molar-refractivity contribution in [2.45, 2.75) is 39.2 Å². The monoisotopic (exact) mass is 285 g/mol. The maximum atomic E-state index is 6.17. The molecule has 0 spiro atoms. The van der Waals surface area contributed by atoms with Gasteiger partial charge in [0, 0.05) is 24.8 Å². The Balaban J connectivity index is 0.00000324. The highest BCUT2D eigenvalue weighted by molar-refractivity contribution is 5.85. The highest BCUT2D eigenvalue weighted by Gasteiger charge is 2.07. The van der Waals surface area contributed by atoms with Crippen LogP contribution in [0, 0.1) is 0 Å². The lowest BCUT2D eigenvalue weighted by atomic mass is 10.0. The standard InChI is InChI=1S/C15H27N3.ClH/c1-3-18(4-2)14-10-8-13(9-11-14)15(17)7-5-6-12-16;/h8-11,15H,3-7,12,16-17H2,1-2H3;1H/t15-;/m0./s1. The highest BCUT2D eigenvalue weighted by Crippen LogP contribution is 2.21. The van der Waals surface area contributed by atoms with Crippen LogP contribution in [0.2, 0.25) is 0 Å². The number of nitrogens with two attached hydrogens (primary N) is 2. The van der Waals surface area contributed by atoms with Gasteiger partial charge in [0.15, 0.2) is 0 Å². The molecule has 0 saturated heterocycles. The summed E-state index contributed by atoms with van der Waals surface area (Å²) in [5.74, 6) is 0. The lowest BCUT2D eigenvalue weighted by Gasteiger charge is -2.21. The van der Waals surface area contributed by atoms with E-state index in [4.69, 9.17) is 11.5 Å². The van der Waals surface area contributed by atoms with Gasteiger partial charge in [-0.1, -0.05) is 18.6 Å². The molecule has 110 valence electrons. The molecule has 0 aliphatic rings. The van der Waals surface area contributed by atoms with E-state index >= 15 is 0 Å². The van der Waals surface area contributed by atoms with E-state index in [0.29, 0.717) is 0 Å². The molecule has 1 rings (SSSR count). The van der Waals surface area contributed by atoms with Crippen LogP contribution in [0.15, 0.2) is 24.3 Å². The number of halogens is 1. The molecule has 0 amide bonds. The summed E-state index contributed by atoms with van der Waals surface area (Å²) in [6.07, 6.45) is 3.18. The average molecular weight is 286 g/mol. The largest absolute Gasteiger partial charge is 0.372 e. The first-order valence-corrected chi connectivity index (χ1v) is 7.03. The fraction of sp³-hybridized carbons (Fsp3) is 0.600. The van der Waals surface area contributed by atoms with Crippen molar-refractivity contribution in [3.8, 4) is 0 Å². The highest BCUT2D eigenvalue weighted by atomic mass is 35.5. The molecule has 0 heterocycles. The molecule has 0 unspecified atom stereocenters. The SMILES string of the molecule is CCN(CC)c1ccc([C@@H](N)CCCCN)cc1.Cl. The molecule has 3 nitrogen and oxygen atoms in total. The molecule has 4 heteroatoms. The molecular formula is C15H28ClN3. The Morgan fingerprint density at radius 3 is 2.11 bits per heavy atom. The second-order valence-electron chi connectivity index (χ2n) is 4.65. The van der Waals surface area contributed by atoms with Crippen molar-refractivity contribution in [2.75, 3.05) is 24.5 Å². The zero-order chi connectivity index (χ0) is 13.4. The fourth-order valence-electron chi connectivity index (χ4n) is 2.20. The molecule has 0 bridgehead atoms. The molecule has 0 aromatic heterocycles. The Labute approximate surface area is 123 Å². The lowest BCUT2D eigenvalue weighted by molar-refractivity contribution is 0.591. The second kappa shape index (κ2) is 10.1. The minimum absolute atomic E-state index is 0. The van der Waals surface area contributed by atoms with Gasteiger partial charge in [0.25, 0.3) is 0 Å². The van der Waals surface area contributed by atoms with E-state index in [0.717, 1.165) is 38.9 Å². The first kappa shape index (κ1) is 18.2. The van der Waals surface area contributed by atoms with Crippen molar-refractivity contribution in [3.05, 3.63) is 29.8 Å². The van der Waals surface area contributed by atoms with Gasteiger partial charge in [-0.3, -0.25) is 0 Å². The van der Waals surface area contributed by atoms with Crippen LogP contribution in [0.4, 0.5) is 5.69 Å². The van der Waals surface area contributed by atoms with Gasteiger partial charge in [-0.15, -0.1) is 12.4 Å². The van der Waals surface area contributed by atoms with Crippen molar-refractivity contribution in [1.29, 1.82) is 0 Å². The Morgan fingerprint density at radius 1 is 1.05 bits per heavy atom. The van der Waals surface area contributed by atoms with Crippen LogP contribution in [0.5, 0.6) is 0 Å². The van der Waals surface area contributed by atoms with Crippen molar-refractivity contribution in [3.63, 3.8) is 0 Å². The maximum absolute atomic E-state index is 6.17. The zero-order valence-corrected chi connectivity index (χ0v) is 13.0. The third-order valence-electron chi connectivity index (χ3n) is 3.42. The number of hydrogen-bond donors (Lipinski definition) is 2. The van der Waals surface area contributed by atoms with E-state index in [1.807, 2.05) is 0 Å². The van der Waals surface area contributed by atoms with E-state index in [9.17, 15) is 0 Å². The molecule has 0 saturated carbocycles. The van der Waals surface area contributed by atoms with Crippen molar-refractivity contribution in [1.82, 2.24) is 0 Å². The smallest absolute Gasteiger partial charge is 0.0366 e. The van der Waals surface area contributed by atoms with E-state index in [-0.39, 0.29) is 18.4 Å². The number of hydrogen-bond acceptors (Lipinski definition) is 3. The van der Waals surface area contributed by atoms with Crippen LogP contribution in [-0.2, 0) is 0 Å². The molecule has 0 aliphatic heterocycles. The van der Waals surface area contributed by atoms with Gasteiger partial charge in [-0.05, 0) is 50.9 Å². The zero-order valence-electron chi connectivity index (χ0n) is 12.1. The number of rotatable bonds is 8. The lowest BCUT2D eigenvalue weighted by Crippen LogP contribution is -2.21. The third kappa shape index (κ3) is 5.81. The summed E-state index contributed by atoms with van der Waals surface area (Å²) in [7, 11) is 0. The van der Waals surface area contributed by atoms with Crippen LogP contribution in [0.25, 0.3) is 0 Å². The van der Waals surface area contributed by atoms with Gasteiger partial charge in [0.2, 0.25) is 0 Å². The molecule has 1 aromatic rings. The summed E-state index contributed by atoms with van der Waals surface area (Å²) >= 11 is 0. The van der Waals surface area contributed by atoms with Gasteiger partial charge in [-0.25, -0.2) is 0 Å². The first-order valence-electron chi connectivity index (χ1n) is 7.03. The molecule has 1 aromatic carbocycles. The Hall–Kier alpha value is -0.770. The number of anilines is 1. The molecule has 1 atom stereocenters. The molecule has 4 N–H and O–H groups in total. The summed E-state index contributed by atoms with van der Waals surface area (Å²) in [6, 6.07) is 8.79. The maximum Gasteiger partial charge on any atom is 0.0366 e. The van der Waals surface area contributed by atoms with Crippen LogP contribution < -0.4 is 16.4 Å². The summed E-state index contributed by atoms with van der Waals surface area (Å²) in [5, 5.41) is 0. The predicted molar refractivity (Wildman–Crippen MR) is 87.1 cm³/mol. The fourth-order valence-corrected chi connectivity index (χ4v) is 2.20. The molecule has 0 fully saturated rings. The van der Waals surface area contributed by atoms with E-state index in [1.54, 1.807) is 0 Å². The summed E-state index contributed by atoms with van der Waals surface area (Å²) in [5.41, 5.74) is 14.2. The van der Waals surface area contributed by atoms with Crippen LogP contribution in [0.1, 0.15) is 44.7 Å². The van der Waals surface area contributed by atoms with Gasteiger partial charge in [0.05, 0.1) is 0 Å². The van der Waals surface area contributed by atoms with Crippen LogP contribution in [0.3, 0.4) is 0 Å². The number of benzene rings is 1. The predicted octanol–water partition coefficient (Wildman–Crippen LogP) is 3.08. The summed E-state index contributed by atoms with van der Waals surface area (Å²) in [4.78, 5) is 2.34. The Kier molecular flexibility index (Phi) is 9.66. The van der Waals surface area contributed by atoms with E-state index in [1.165, 1.54) is 11.3 Å². The Bertz CT molecular complexity index is 323. The van der Waals surface area contributed by atoms with Crippen molar-refractivity contribution < 1.29 is 0 Å². The molecule has 19 heavy (non-hydrogen) atoms. The van der Waals surface area contributed by atoms with Crippen molar-refractivity contribution in [2.24, 2.45) is 11.5 Å². The quantitative estimate of drug-likeness (QED) is 0.722. The minimum atomic E-state index is 0. The van der Waals surface area contributed by atoms with Crippen LogP contribution in [-0.4, -0.2) is 19.6 Å². The first-order chi connectivity index (χ1) is 8.72. The summed E-state index contributed by atoms with van der Waals surface area (Å²) < 4.78 is 0. The molecule has 0 aliphatic carbocycles. The van der Waals surface area contributed by atoms with E-state index in [2.05, 4.69) is 43.0 Å². The van der Waals surface area contributed by atoms with Gasteiger partial charge >= 0.3 is 0 Å². The Morgan fingerprint density at radius 2 is 1.63 bits per heavy atom. The van der Waals surface area contributed by atoms with E-state index < -0.39 is 0 Å². The normalized spacial score (nSPS) is 11.8. The molecule has 0 radical (unpaired) electrons. The average Bonchev–Trinajstić information content (AvgIpc) is 2.41. The van der Waals surface area contributed by atoms with Crippen molar-refractivity contribution >= 4 is 18.1 Å². The van der Waals surface area contributed by atoms with Gasteiger partial charge in [0.1, 0.15) is 0 Å². The number of nitrogens with zero attached hydrogens (tertiary/aromatic N) is 1. The second-order valence-corrected chi connectivity index (χ2v) is 4.65.